The number of hydrogen-bond acceptors (Lipinski definition) is 7. The van der Waals surface area contributed by atoms with E-state index < -0.39 is 0 Å². The van der Waals surface area contributed by atoms with Gasteiger partial charge in [0.15, 0.2) is 5.17 Å². The van der Waals surface area contributed by atoms with Crippen LogP contribution in [0.3, 0.4) is 0 Å². The highest BCUT2D eigenvalue weighted by atomic mass is 32.2. The lowest BCUT2D eigenvalue weighted by atomic mass is 10.2. The predicted octanol–water partition coefficient (Wildman–Crippen LogP) is 0.866. The number of carbonyl (C=O) groups is 1. The average Bonchev–Trinajstić information content (AvgIpc) is 3.03. The molecule has 1 amide bonds. The number of rotatable bonds is 6. The summed E-state index contributed by atoms with van der Waals surface area (Å²) in [5.41, 5.74) is 0.875. The third-order valence-corrected chi connectivity index (χ3v) is 4.98. The monoisotopic (exact) mass is 361 g/mol. The van der Waals surface area contributed by atoms with E-state index in [0.29, 0.717) is 17.5 Å². The molecule has 8 heteroatoms. The first-order valence-corrected chi connectivity index (χ1v) is 9.36. The quantitative estimate of drug-likeness (QED) is 0.601. The molecule has 0 spiro atoms. The normalized spacial score (nSPS) is 21.2. The number of benzene rings is 1. The Morgan fingerprint density at radius 3 is 2.84 bits per heavy atom. The van der Waals surface area contributed by atoms with Gasteiger partial charge in [-0.05, 0) is 19.2 Å². The van der Waals surface area contributed by atoms with E-state index in [1.165, 1.54) is 11.8 Å². The summed E-state index contributed by atoms with van der Waals surface area (Å²) in [7, 11) is 2.16. The smallest absolute Gasteiger partial charge is 0.236 e. The highest BCUT2D eigenvalue weighted by Gasteiger charge is 2.16. The minimum atomic E-state index is -0.0356. The average molecular weight is 361 g/mol. The van der Waals surface area contributed by atoms with Crippen LogP contribution in [0.2, 0.25) is 0 Å². The molecule has 0 bridgehead atoms. The number of nitrogens with one attached hydrogen (secondary N) is 1. The van der Waals surface area contributed by atoms with Crippen molar-refractivity contribution in [1.29, 1.82) is 0 Å². The van der Waals surface area contributed by atoms with Gasteiger partial charge in [0.25, 0.3) is 0 Å². The number of carbonyl (C=O) groups excluding carboxylic acids is 1. The van der Waals surface area contributed by atoms with Gasteiger partial charge in [0.05, 0.1) is 12.0 Å². The zero-order chi connectivity index (χ0) is 17.5. The van der Waals surface area contributed by atoms with Crippen LogP contribution < -0.4 is 10.1 Å². The molecule has 2 saturated heterocycles. The predicted molar refractivity (Wildman–Crippen MR) is 102 cm³/mol. The van der Waals surface area contributed by atoms with Gasteiger partial charge in [-0.15, -0.1) is 5.10 Å². The summed E-state index contributed by atoms with van der Waals surface area (Å²) in [4.78, 5) is 15.9. The third kappa shape index (κ3) is 5.55. The van der Waals surface area contributed by atoms with Crippen LogP contribution in [0.4, 0.5) is 0 Å². The fourth-order valence-corrected chi connectivity index (χ4v) is 3.23. The van der Waals surface area contributed by atoms with Gasteiger partial charge in [-0.25, -0.2) is 0 Å². The van der Waals surface area contributed by atoms with Crippen molar-refractivity contribution in [2.75, 3.05) is 52.1 Å². The second kappa shape index (κ2) is 8.98. The van der Waals surface area contributed by atoms with E-state index in [9.17, 15) is 4.79 Å². The first-order valence-electron chi connectivity index (χ1n) is 8.37. The SMILES string of the molecule is CN1CCN(CCOc2ccccc2C=NN=C2NC(=O)CS2)CC1. The van der Waals surface area contributed by atoms with Gasteiger partial charge in [-0.2, -0.15) is 5.10 Å². The van der Waals surface area contributed by atoms with Gasteiger partial charge < -0.3 is 15.0 Å². The summed E-state index contributed by atoms with van der Waals surface area (Å²) in [6.45, 7) is 5.96. The number of para-hydroxylation sites is 1. The van der Waals surface area contributed by atoms with E-state index in [1.54, 1.807) is 6.21 Å². The molecule has 7 nitrogen and oxygen atoms in total. The van der Waals surface area contributed by atoms with Crippen LogP contribution in [-0.2, 0) is 4.79 Å². The maximum Gasteiger partial charge on any atom is 0.236 e. The van der Waals surface area contributed by atoms with E-state index in [0.717, 1.165) is 44.0 Å². The molecular weight excluding hydrogens is 338 g/mol. The molecule has 1 N–H and O–H groups in total. The first-order chi connectivity index (χ1) is 12.2. The van der Waals surface area contributed by atoms with Crippen LogP contribution in [-0.4, -0.2) is 79.2 Å². The first kappa shape index (κ1) is 17.9. The number of amidine groups is 1. The Bertz CT molecular complexity index is 656. The highest BCUT2D eigenvalue weighted by molar-refractivity contribution is 8.15. The molecule has 0 atom stereocenters. The molecule has 0 unspecified atom stereocenters. The Kier molecular flexibility index (Phi) is 6.43. The number of hydrogen-bond donors (Lipinski definition) is 1. The Morgan fingerprint density at radius 1 is 1.28 bits per heavy atom. The van der Waals surface area contributed by atoms with Crippen molar-refractivity contribution in [3.05, 3.63) is 29.8 Å². The maximum absolute atomic E-state index is 11.1. The van der Waals surface area contributed by atoms with Crippen LogP contribution >= 0.6 is 11.8 Å². The second-order valence-corrected chi connectivity index (χ2v) is 6.98. The minimum absolute atomic E-state index is 0.0356. The number of thioether (sulfide) groups is 1. The Hall–Kier alpha value is -1.90. The minimum Gasteiger partial charge on any atom is -0.492 e. The molecule has 134 valence electrons. The summed E-state index contributed by atoms with van der Waals surface area (Å²) in [5.74, 6) is 1.16. The molecule has 1 aromatic carbocycles. The van der Waals surface area contributed by atoms with Crippen LogP contribution in [0.5, 0.6) is 5.75 Å². The number of likely N-dealkylation sites (N-methyl/N-ethyl adjacent to an activating group) is 1. The largest absolute Gasteiger partial charge is 0.492 e. The van der Waals surface area contributed by atoms with Crippen LogP contribution in [0.1, 0.15) is 5.56 Å². The van der Waals surface area contributed by atoms with Gasteiger partial charge in [0.1, 0.15) is 12.4 Å². The third-order valence-electron chi connectivity index (χ3n) is 4.11. The summed E-state index contributed by atoms with van der Waals surface area (Å²) in [5, 5.41) is 11.3. The molecule has 3 rings (SSSR count). The number of amides is 1. The topological polar surface area (TPSA) is 69.5 Å². The maximum atomic E-state index is 11.1. The van der Waals surface area contributed by atoms with Crippen molar-refractivity contribution < 1.29 is 9.53 Å². The van der Waals surface area contributed by atoms with Crippen molar-refractivity contribution in [3.8, 4) is 5.75 Å². The molecule has 0 radical (unpaired) electrons. The highest BCUT2D eigenvalue weighted by Crippen LogP contribution is 2.16. The van der Waals surface area contributed by atoms with E-state index in [4.69, 9.17) is 4.74 Å². The van der Waals surface area contributed by atoms with Crippen molar-refractivity contribution >= 4 is 29.1 Å². The van der Waals surface area contributed by atoms with Crippen LogP contribution in [0.15, 0.2) is 34.5 Å². The van der Waals surface area contributed by atoms with E-state index in [2.05, 4.69) is 32.4 Å². The lowest BCUT2D eigenvalue weighted by Crippen LogP contribution is -2.45. The second-order valence-electron chi connectivity index (χ2n) is 6.02. The summed E-state index contributed by atoms with van der Waals surface area (Å²) < 4.78 is 5.94. The van der Waals surface area contributed by atoms with E-state index in [1.807, 2.05) is 24.3 Å². The Labute approximate surface area is 152 Å². The molecule has 2 heterocycles. The van der Waals surface area contributed by atoms with E-state index in [-0.39, 0.29) is 5.91 Å². The van der Waals surface area contributed by atoms with Crippen molar-refractivity contribution in [1.82, 2.24) is 15.1 Å². The van der Waals surface area contributed by atoms with Crippen LogP contribution in [0, 0.1) is 0 Å². The van der Waals surface area contributed by atoms with Crippen molar-refractivity contribution in [2.45, 2.75) is 0 Å². The lowest BCUT2D eigenvalue weighted by molar-refractivity contribution is -0.116. The summed E-state index contributed by atoms with van der Waals surface area (Å²) >= 11 is 1.36. The molecule has 0 aliphatic carbocycles. The van der Waals surface area contributed by atoms with Gasteiger partial charge in [-0.3, -0.25) is 9.69 Å². The molecule has 1 aromatic rings. The number of nitrogens with zero attached hydrogens (tertiary/aromatic N) is 4. The summed E-state index contributed by atoms with van der Waals surface area (Å²) in [6, 6.07) is 7.76. The molecule has 25 heavy (non-hydrogen) atoms. The van der Waals surface area contributed by atoms with Gasteiger partial charge in [0.2, 0.25) is 5.91 Å². The van der Waals surface area contributed by atoms with Gasteiger partial charge >= 0.3 is 0 Å². The van der Waals surface area contributed by atoms with E-state index >= 15 is 0 Å². The lowest BCUT2D eigenvalue weighted by Gasteiger charge is -2.32. The molecular formula is C17H23N5O2S. The fourth-order valence-electron chi connectivity index (χ4n) is 2.60. The molecule has 2 fully saturated rings. The van der Waals surface area contributed by atoms with Gasteiger partial charge in [-0.1, -0.05) is 23.9 Å². The number of ether oxygens (including phenoxy) is 1. The van der Waals surface area contributed by atoms with Crippen molar-refractivity contribution in [2.24, 2.45) is 10.2 Å². The van der Waals surface area contributed by atoms with Gasteiger partial charge in [0, 0.05) is 38.3 Å². The molecule has 0 saturated carbocycles. The standard InChI is InChI=1S/C17H23N5O2S/c1-21-6-8-22(9-7-21)10-11-24-15-5-3-2-4-14(15)12-18-20-17-19-16(23)13-25-17/h2-5,12H,6-11,13H2,1H3,(H,19,20,23). The molecule has 2 aliphatic rings. The Balaban J connectivity index is 1.51. The zero-order valence-electron chi connectivity index (χ0n) is 14.4. The molecule has 2 aliphatic heterocycles. The molecule has 0 aromatic heterocycles. The zero-order valence-corrected chi connectivity index (χ0v) is 15.2. The van der Waals surface area contributed by atoms with Crippen molar-refractivity contribution in [3.63, 3.8) is 0 Å². The summed E-state index contributed by atoms with van der Waals surface area (Å²) in [6.07, 6.45) is 1.66. The number of piperazine rings is 1. The fraction of sp³-hybridized carbons (Fsp3) is 0.471. The Morgan fingerprint density at radius 2 is 2.08 bits per heavy atom. The van der Waals surface area contributed by atoms with Crippen LogP contribution in [0.25, 0.3) is 0 Å².